The lowest BCUT2D eigenvalue weighted by atomic mass is 9.92. The van der Waals surface area contributed by atoms with Crippen molar-refractivity contribution in [1.29, 1.82) is 0 Å². The minimum atomic E-state index is -0.131. The summed E-state index contributed by atoms with van der Waals surface area (Å²) in [4.78, 5) is 30.4. The monoisotopic (exact) mass is 314 g/mol. The van der Waals surface area contributed by atoms with Crippen LogP contribution < -0.4 is 4.74 Å². The number of nitrogens with zero attached hydrogens (tertiary/aromatic N) is 2. The lowest BCUT2D eigenvalue weighted by molar-refractivity contribution is 0.0640. The zero-order valence-corrected chi connectivity index (χ0v) is 12.9. The van der Waals surface area contributed by atoms with E-state index in [1.165, 1.54) is 12.5 Å². The zero-order valence-electron chi connectivity index (χ0n) is 12.9. The fourth-order valence-electron chi connectivity index (χ4n) is 2.78. The SMILES string of the molecule is COc1ccc(C(=O)N2CCC(C(=O)c3ncco3)CC2)cc1. The van der Waals surface area contributed by atoms with E-state index in [9.17, 15) is 9.59 Å². The second kappa shape index (κ2) is 6.64. The average Bonchev–Trinajstić information content (AvgIpc) is 3.15. The number of aromatic nitrogens is 1. The molecular formula is C17H18N2O4. The second-order valence-electron chi connectivity index (χ2n) is 5.50. The number of carbonyl (C=O) groups excluding carboxylic acids is 2. The lowest BCUT2D eigenvalue weighted by Crippen LogP contribution is -2.40. The van der Waals surface area contributed by atoms with E-state index in [1.807, 2.05) is 0 Å². The van der Waals surface area contributed by atoms with Gasteiger partial charge in [-0.25, -0.2) is 4.98 Å². The van der Waals surface area contributed by atoms with E-state index < -0.39 is 0 Å². The van der Waals surface area contributed by atoms with Gasteiger partial charge in [0, 0.05) is 24.6 Å². The molecule has 6 heteroatoms. The van der Waals surface area contributed by atoms with Gasteiger partial charge in [-0.1, -0.05) is 0 Å². The van der Waals surface area contributed by atoms with E-state index in [-0.39, 0.29) is 23.5 Å². The van der Waals surface area contributed by atoms with Gasteiger partial charge in [0.25, 0.3) is 11.8 Å². The van der Waals surface area contributed by atoms with Crippen LogP contribution in [0.4, 0.5) is 0 Å². The third-order valence-electron chi connectivity index (χ3n) is 4.13. The maximum Gasteiger partial charge on any atom is 0.263 e. The molecular weight excluding hydrogens is 296 g/mol. The molecule has 3 rings (SSSR count). The molecule has 0 N–H and O–H groups in total. The van der Waals surface area contributed by atoms with Crippen LogP contribution in [0.25, 0.3) is 0 Å². The molecule has 120 valence electrons. The van der Waals surface area contributed by atoms with Crippen molar-refractivity contribution >= 4 is 11.7 Å². The van der Waals surface area contributed by atoms with Crippen LogP contribution in [0, 0.1) is 5.92 Å². The molecule has 1 aromatic carbocycles. The number of hydrogen-bond acceptors (Lipinski definition) is 5. The smallest absolute Gasteiger partial charge is 0.263 e. The van der Waals surface area contributed by atoms with Crippen molar-refractivity contribution in [3.05, 3.63) is 48.2 Å². The molecule has 0 bridgehead atoms. The fraction of sp³-hybridized carbons (Fsp3) is 0.353. The molecule has 0 unspecified atom stereocenters. The first-order chi connectivity index (χ1) is 11.2. The summed E-state index contributed by atoms with van der Waals surface area (Å²) >= 11 is 0. The molecule has 6 nitrogen and oxygen atoms in total. The van der Waals surface area contributed by atoms with Crippen LogP contribution in [0.3, 0.4) is 0 Å². The number of methoxy groups -OCH3 is 1. The lowest BCUT2D eigenvalue weighted by Gasteiger charge is -2.30. The summed E-state index contributed by atoms with van der Waals surface area (Å²) in [7, 11) is 1.59. The van der Waals surface area contributed by atoms with E-state index in [0.717, 1.165) is 5.75 Å². The van der Waals surface area contributed by atoms with E-state index >= 15 is 0 Å². The molecule has 1 saturated heterocycles. The number of benzene rings is 1. The van der Waals surface area contributed by atoms with Gasteiger partial charge < -0.3 is 14.1 Å². The maximum absolute atomic E-state index is 12.5. The molecule has 1 amide bonds. The number of oxazole rings is 1. The Morgan fingerprint density at radius 3 is 2.48 bits per heavy atom. The van der Waals surface area contributed by atoms with Crippen molar-refractivity contribution in [2.45, 2.75) is 12.8 Å². The van der Waals surface area contributed by atoms with Crippen LogP contribution in [0.15, 0.2) is 41.1 Å². The van der Waals surface area contributed by atoms with Crippen LogP contribution in [0.1, 0.15) is 33.9 Å². The van der Waals surface area contributed by atoms with Crippen molar-refractivity contribution in [1.82, 2.24) is 9.88 Å². The number of piperidine rings is 1. The van der Waals surface area contributed by atoms with Crippen LogP contribution in [-0.4, -0.2) is 41.8 Å². The normalized spacial score (nSPS) is 15.4. The highest BCUT2D eigenvalue weighted by molar-refractivity contribution is 5.95. The Labute approximate surface area is 134 Å². The van der Waals surface area contributed by atoms with Gasteiger partial charge in [-0.2, -0.15) is 0 Å². The first-order valence-electron chi connectivity index (χ1n) is 7.56. The summed E-state index contributed by atoms with van der Waals surface area (Å²) in [5.74, 6) is 0.650. The number of likely N-dealkylation sites (tertiary alicyclic amines) is 1. The van der Waals surface area contributed by atoms with Gasteiger partial charge in [-0.15, -0.1) is 0 Å². The van der Waals surface area contributed by atoms with E-state index in [0.29, 0.717) is 31.5 Å². The molecule has 2 heterocycles. The van der Waals surface area contributed by atoms with Crippen LogP contribution in [0.5, 0.6) is 5.75 Å². The summed E-state index contributed by atoms with van der Waals surface area (Å²) in [6.07, 6.45) is 4.12. The van der Waals surface area contributed by atoms with E-state index in [2.05, 4.69) is 4.98 Å². The Morgan fingerprint density at radius 1 is 1.22 bits per heavy atom. The van der Waals surface area contributed by atoms with Gasteiger partial charge >= 0.3 is 0 Å². The summed E-state index contributed by atoms with van der Waals surface area (Å²) in [5, 5.41) is 0. The van der Waals surface area contributed by atoms with Crippen LogP contribution in [-0.2, 0) is 0 Å². The largest absolute Gasteiger partial charge is 0.497 e. The minimum absolute atomic E-state index is 0.0188. The van der Waals surface area contributed by atoms with Crippen molar-refractivity contribution in [2.75, 3.05) is 20.2 Å². The highest BCUT2D eigenvalue weighted by Crippen LogP contribution is 2.23. The molecule has 1 aromatic heterocycles. The first kappa shape index (κ1) is 15.3. The van der Waals surface area contributed by atoms with Gasteiger partial charge in [0.15, 0.2) is 0 Å². The maximum atomic E-state index is 12.5. The summed E-state index contributed by atoms with van der Waals surface area (Å²) in [6, 6.07) is 7.05. The summed E-state index contributed by atoms with van der Waals surface area (Å²) in [5.41, 5.74) is 0.628. The number of ether oxygens (including phenoxy) is 1. The van der Waals surface area contributed by atoms with Crippen LogP contribution in [0.2, 0.25) is 0 Å². The van der Waals surface area contributed by atoms with Gasteiger partial charge in [-0.3, -0.25) is 9.59 Å². The third kappa shape index (κ3) is 3.26. The minimum Gasteiger partial charge on any atom is -0.497 e. The predicted octanol–water partition coefficient (Wildman–Crippen LogP) is 2.42. The third-order valence-corrected chi connectivity index (χ3v) is 4.13. The Hall–Kier alpha value is -2.63. The fourth-order valence-corrected chi connectivity index (χ4v) is 2.78. The quantitative estimate of drug-likeness (QED) is 0.810. The second-order valence-corrected chi connectivity index (χ2v) is 5.50. The number of amides is 1. The van der Waals surface area contributed by atoms with Crippen molar-refractivity contribution in [3.63, 3.8) is 0 Å². The highest BCUT2D eigenvalue weighted by Gasteiger charge is 2.30. The predicted molar refractivity (Wildman–Crippen MR) is 82.5 cm³/mol. The van der Waals surface area contributed by atoms with Crippen molar-refractivity contribution in [3.8, 4) is 5.75 Å². The highest BCUT2D eigenvalue weighted by atomic mass is 16.5. The molecule has 1 aliphatic heterocycles. The molecule has 0 saturated carbocycles. The molecule has 2 aromatic rings. The summed E-state index contributed by atoms with van der Waals surface area (Å²) in [6.45, 7) is 1.12. The number of rotatable bonds is 4. The topological polar surface area (TPSA) is 72.6 Å². The number of carbonyl (C=O) groups is 2. The van der Waals surface area contributed by atoms with Gasteiger partial charge in [0.2, 0.25) is 5.78 Å². The number of ketones is 1. The number of Topliss-reactive ketones (excluding diaryl/α,β-unsaturated/α-hetero) is 1. The number of hydrogen-bond donors (Lipinski definition) is 0. The zero-order chi connectivity index (χ0) is 16.2. The Kier molecular flexibility index (Phi) is 4.41. The molecule has 0 spiro atoms. The van der Waals surface area contributed by atoms with E-state index in [1.54, 1.807) is 36.3 Å². The van der Waals surface area contributed by atoms with E-state index in [4.69, 9.17) is 9.15 Å². The molecule has 23 heavy (non-hydrogen) atoms. The van der Waals surface area contributed by atoms with Crippen molar-refractivity contribution in [2.24, 2.45) is 5.92 Å². The van der Waals surface area contributed by atoms with Gasteiger partial charge in [0.1, 0.15) is 12.0 Å². The first-order valence-corrected chi connectivity index (χ1v) is 7.56. The van der Waals surface area contributed by atoms with Crippen LogP contribution >= 0.6 is 0 Å². The molecule has 1 fully saturated rings. The molecule has 0 radical (unpaired) electrons. The average molecular weight is 314 g/mol. The summed E-state index contributed by atoms with van der Waals surface area (Å²) < 4.78 is 10.2. The Bertz CT molecular complexity index is 671. The Morgan fingerprint density at radius 2 is 1.91 bits per heavy atom. The molecule has 1 aliphatic rings. The standard InChI is InChI=1S/C17H18N2O4/c1-22-14-4-2-13(3-5-14)17(21)19-9-6-12(7-10-19)15(20)16-18-8-11-23-16/h2-5,8,11-12H,6-7,9-10H2,1H3. The molecule has 0 aliphatic carbocycles. The Balaban J connectivity index is 1.59. The molecule has 0 atom stereocenters. The van der Waals surface area contributed by atoms with Gasteiger partial charge in [-0.05, 0) is 37.1 Å². The van der Waals surface area contributed by atoms with Crippen molar-refractivity contribution < 1.29 is 18.7 Å². The van der Waals surface area contributed by atoms with Gasteiger partial charge in [0.05, 0.1) is 13.3 Å².